The van der Waals surface area contributed by atoms with Gasteiger partial charge in [0, 0.05) is 26.2 Å². The zero-order valence-electron chi connectivity index (χ0n) is 13.4. The number of aliphatic hydroxyl groups is 1. The molecule has 0 spiro atoms. The van der Waals surface area contributed by atoms with Gasteiger partial charge in [0.15, 0.2) is 10.6 Å². The van der Waals surface area contributed by atoms with Crippen LogP contribution in [0.15, 0.2) is 0 Å². The zero-order valence-corrected chi connectivity index (χ0v) is 14.3. The van der Waals surface area contributed by atoms with Gasteiger partial charge in [-0.15, -0.1) is 0 Å². The minimum absolute atomic E-state index is 0.0651. The number of aliphatic hydroxyl groups excluding tert-OH is 1. The highest BCUT2D eigenvalue weighted by molar-refractivity contribution is 7.71. The van der Waals surface area contributed by atoms with Crippen molar-refractivity contribution in [2.45, 2.75) is 51.4 Å². The van der Waals surface area contributed by atoms with E-state index in [-0.39, 0.29) is 6.61 Å². The van der Waals surface area contributed by atoms with E-state index in [4.69, 9.17) is 12.2 Å². The molecule has 0 aliphatic carbocycles. The first-order valence-corrected chi connectivity index (χ1v) is 8.80. The van der Waals surface area contributed by atoms with Crippen LogP contribution in [0.4, 0.5) is 0 Å². The van der Waals surface area contributed by atoms with Crippen molar-refractivity contribution in [2.24, 2.45) is 7.05 Å². The lowest BCUT2D eigenvalue weighted by Gasteiger charge is -2.32. The molecular formula is C15H27N5OS. The summed E-state index contributed by atoms with van der Waals surface area (Å²) in [5.41, 5.74) is 0. The van der Waals surface area contributed by atoms with Gasteiger partial charge in [-0.2, -0.15) is 5.10 Å². The second kappa shape index (κ2) is 7.21. The van der Waals surface area contributed by atoms with Crippen LogP contribution in [0.5, 0.6) is 0 Å². The molecule has 6 nitrogen and oxygen atoms in total. The molecule has 2 aliphatic rings. The summed E-state index contributed by atoms with van der Waals surface area (Å²) in [7, 11) is 1.87. The topological polar surface area (TPSA) is 49.5 Å². The Morgan fingerprint density at radius 2 is 1.95 bits per heavy atom. The van der Waals surface area contributed by atoms with Crippen LogP contribution in [0.3, 0.4) is 0 Å². The molecule has 0 saturated carbocycles. The molecule has 0 amide bonds. The predicted octanol–water partition coefficient (Wildman–Crippen LogP) is 1.35. The van der Waals surface area contributed by atoms with Crippen LogP contribution in [0, 0.1) is 4.77 Å². The molecule has 1 atom stereocenters. The molecule has 2 fully saturated rings. The minimum atomic E-state index is -0.0651. The number of rotatable bonds is 5. The summed E-state index contributed by atoms with van der Waals surface area (Å²) in [6, 6.07) is 0.611. The highest BCUT2D eigenvalue weighted by atomic mass is 32.1. The molecular weight excluding hydrogens is 298 g/mol. The third-order valence-electron chi connectivity index (χ3n) is 5.00. The van der Waals surface area contributed by atoms with Gasteiger partial charge in [-0.05, 0) is 51.0 Å². The lowest BCUT2D eigenvalue weighted by Crippen LogP contribution is -2.43. The first-order chi connectivity index (χ1) is 10.7. The molecule has 2 saturated heterocycles. The van der Waals surface area contributed by atoms with Gasteiger partial charge in [0.1, 0.15) is 6.61 Å². The highest BCUT2D eigenvalue weighted by Crippen LogP contribution is 2.21. The summed E-state index contributed by atoms with van der Waals surface area (Å²) in [6.07, 6.45) is 6.60. The van der Waals surface area contributed by atoms with Gasteiger partial charge < -0.3 is 14.6 Å². The Kier molecular flexibility index (Phi) is 5.28. The Bertz CT molecular complexity index is 549. The van der Waals surface area contributed by atoms with E-state index < -0.39 is 0 Å². The first-order valence-electron chi connectivity index (χ1n) is 8.39. The van der Waals surface area contributed by atoms with E-state index in [0.29, 0.717) is 16.6 Å². The third-order valence-corrected chi connectivity index (χ3v) is 5.49. The summed E-state index contributed by atoms with van der Waals surface area (Å²) < 4.78 is 4.34. The Morgan fingerprint density at radius 3 is 2.64 bits per heavy atom. The van der Waals surface area contributed by atoms with E-state index in [1.807, 2.05) is 11.7 Å². The molecule has 0 bridgehead atoms. The molecule has 0 radical (unpaired) electrons. The van der Waals surface area contributed by atoms with Crippen molar-refractivity contribution in [1.29, 1.82) is 0 Å². The molecule has 3 heterocycles. The Morgan fingerprint density at radius 1 is 1.18 bits per heavy atom. The van der Waals surface area contributed by atoms with Crippen LogP contribution in [0.25, 0.3) is 0 Å². The van der Waals surface area contributed by atoms with Gasteiger partial charge in [-0.25, -0.2) is 4.68 Å². The largest absolute Gasteiger partial charge is 0.388 e. The van der Waals surface area contributed by atoms with Crippen molar-refractivity contribution in [1.82, 2.24) is 24.1 Å². The van der Waals surface area contributed by atoms with E-state index in [9.17, 15) is 5.11 Å². The normalized spacial score (nSPS) is 24.2. The average molecular weight is 325 g/mol. The summed E-state index contributed by atoms with van der Waals surface area (Å²) in [6.45, 7) is 5.47. The summed E-state index contributed by atoms with van der Waals surface area (Å²) in [5, 5.41) is 13.8. The van der Waals surface area contributed by atoms with Crippen LogP contribution in [0.1, 0.15) is 37.9 Å². The summed E-state index contributed by atoms with van der Waals surface area (Å²) in [5.74, 6) is 0.636. The molecule has 0 aromatic carbocycles. The van der Waals surface area contributed by atoms with Gasteiger partial charge in [-0.1, -0.05) is 6.42 Å². The lowest BCUT2D eigenvalue weighted by molar-refractivity contribution is 0.126. The smallest absolute Gasteiger partial charge is 0.198 e. The second-order valence-corrected chi connectivity index (χ2v) is 6.89. The molecule has 1 N–H and O–H groups in total. The van der Waals surface area contributed by atoms with Crippen molar-refractivity contribution in [3.05, 3.63) is 10.6 Å². The summed E-state index contributed by atoms with van der Waals surface area (Å²) in [4.78, 5) is 5.11. The molecule has 22 heavy (non-hydrogen) atoms. The van der Waals surface area contributed by atoms with Gasteiger partial charge in [0.05, 0.1) is 6.67 Å². The maximum Gasteiger partial charge on any atom is 0.198 e. The maximum absolute atomic E-state index is 9.32. The number of aromatic nitrogens is 3. The van der Waals surface area contributed by atoms with Crippen molar-refractivity contribution in [3.8, 4) is 0 Å². The molecule has 1 aromatic rings. The second-order valence-electron chi connectivity index (χ2n) is 6.53. The highest BCUT2D eigenvalue weighted by Gasteiger charge is 2.27. The molecule has 124 valence electrons. The van der Waals surface area contributed by atoms with Gasteiger partial charge in [-0.3, -0.25) is 4.90 Å². The van der Waals surface area contributed by atoms with Crippen LogP contribution in [0.2, 0.25) is 0 Å². The molecule has 7 heteroatoms. The fourth-order valence-corrected chi connectivity index (χ4v) is 3.87. The Hall–Kier alpha value is -0.760. The minimum Gasteiger partial charge on any atom is -0.388 e. The molecule has 2 aliphatic heterocycles. The molecule has 3 rings (SSSR count). The van der Waals surface area contributed by atoms with Gasteiger partial charge >= 0.3 is 0 Å². The zero-order chi connectivity index (χ0) is 15.5. The van der Waals surface area contributed by atoms with Crippen molar-refractivity contribution in [3.63, 3.8) is 0 Å². The van der Waals surface area contributed by atoms with E-state index >= 15 is 0 Å². The fraction of sp³-hybridized carbons (Fsp3) is 0.867. The van der Waals surface area contributed by atoms with Crippen LogP contribution < -0.4 is 0 Å². The number of hydrogen-bond acceptors (Lipinski definition) is 5. The van der Waals surface area contributed by atoms with Crippen LogP contribution in [-0.2, 0) is 20.3 Å². The average Bonchev–Trinajstić information content (AvgIpc) is 3.08. The number of hydrogen-bond donors (Lipinski definition) is 1. The first kappa shape index (κ1) is 16.1. The predicted molar refractivity (Wildman–Crippen MR) is 88.0 cm³/mol. The molecule has 1 unspecified atom stereocenters. The number of nitrogens with zero attached hydrogens (tertiary/aromatic N) is 5. The monoisotopic (exact) mass is 325 g/mol. The van der Waals surface area contributed by atoms with Gasteiger partial charge in [0.25, 0.3) is 0 Å². The Balaban J connectivity index is 1.64. The standard InChI is InChI=1S/C15H27N5OS/c1-17-14(11-21)16-20(15(17)22)12-19-9-5-6-13(19)10-18-7-3-2-4-8-18/h13,21H,2-12H2,1H3. The summed E-state index contributed by atoms with van der Waals surface area (Å²) >= 11 is 5.43. The van der Waals surface area contributed by atoms with Crippen molar-refractivity contribution < 1.29 is 5.11 Å². The SMILES string of the molecule is Cn1c(CO)nn(CN2CCCC2CN2CCCCC2)c1=S. The van der Waals surface area contributed by atoms with E-state index in [1.165, 1.54) is 51.7 Å². The quantitative estimate of drug-likeness (QED) is 0.828. The van der Waals surface area contributed by atoms with Gasteiger partial charge in [0.2, 0.25) is 0 Å². The van der Waals surface area contributed by atoms with E-state index in [0.717, 1.165) is 13.2 Å². The van der Waals surface area contributed by atoms with Crippen LogP contribution in [-0.4, -0.2) is 61.5 Å². The fourth-order valence-electron chi connectivity index (χ4n) is 3.66. The lowest BCUT2D eigenvalue weighted by atomic mass is 10.1. The maximum atomic E-state index is 9.32. The van der Waals surface area contributed by atoms with Crippen molar-refractivity contribution >= 4 is 12.2 Å². The van der Waals surface area contributed by atoms with Crippen LogP contribution >= 0.6 is 12.2 Å². The number of piperidine rings is 1. The van der Waals surface area contributed by atoms with Crippen molar-refractivity contribution in [2.75, 3.05) is 26.2 Å². The van der Waals surface area contributed by atoms with E-state index in [1.54, 1.807) is 4.57 Å². The van der Waals surface area contributed by atoms with E-state index in [2.05, 4.69) is 14.9 Å². The Labute approximate surface area is 137 Å². The third kappa shape index (κ3) is 3.42. The molecule has 1 aromatic heterocycles. The number of likely N-dealkylation sites (tertiary alicyclic amines) is 2.